The van der Waals surface area contributed by atoms with E-state index in [0.29, 0.717) is 12.1 Å². The van der Waals surface area contributed by atoms with Crippen LogP contribution in [0.25, 0.3) is 10.9 Å². The second-order valence-corrected chi connectivity index (χ2v) is 5.75. The number of aryl methyl sites for hydroxylation is 1. The molecule has 0 atom stereocenters. The minimum atomic E-state index is -0.193. The minimum absolute atomic E-state index is 0.193. The summed E-state index contributed by atoms with van der Waals surface area (Å²) in [5.74, 6) is -0.193. The predicted molar refractivity (Wildman–Crippen MR) is 87.9 cm³/mol. The van der Waals surface area contributed by atoms with Gasteiger partial charge in [-0.2, -0.15) is 0 Å². The van der Waals surface area contributed by atoms with Gasteiger partial charge in [0, 0.05) is 33.3 Å². The Kier molecular flexibility index (Phi) is 3.88. The first-order valence-corrected chi connectivity index (χ1v) is 7.47. The molecule has 1 aromatic heterocycles. The molecular formula is C17H14BrFN2. The maximum atomic E-state index is 13.7. The maximum Gasteiger partial charge on any atom is 0.128 e. The molecular weight excluding hydrogens is 331 g/mol. The predicted octanol–water partition coefficient (Wildman–Crippen LogP) is 5.06. The van der Waals surface area contributed by atoms with E-state index < -0.39 is 0 Å². The van der Waals surface area contributed by atoms with Gasteiger partial charge in [-0.05, 0) is 41.1 Å². The van der Waals surface area contributed by atoms with E-state index >= 15 is 0 Å². The summed E-state index contributed by atoms with van der Waals surface area (Å²) >= 11 is 3.52. The Morgan fingerprint density at radius 2 is 1.95 bits per heavy atom. The molecule has 2 nitrogen and oxygen atoms in total. The van der Waals surface area contributed by atoms with Gasteiger partial charge in [0.05, 0.1) is 5.52 Å². The lowest BCUT2D eigenvalue weighted by Crippen LogP contribution is -2.03. The van der Waals surface area contributed by atoms with E-state index in [4.69, 9.17) is 0 Å². The molecule has 1 heterocycles. The quantitative estimate of drug-likeness (QED) is 0.718. The number of para-hydroxylation sites is 1. The Balaban J connectivity index is 1.97. The fraction of sp³-hybridized carbons (Fsp3) is 0.118. The Labute approximate surface area is 131 Å². The van der Waals surface area contributed by atoms with Gasteiger partial charge in [-0.15, -0.1) is 0 Å². The first-order valence-electron chi connectivity index (χ1n) is 6.68. The molecule has 1 N–H and O–H groups in total. The molecule has 0 aliphatic carbocycles. The number of hydrogen-bond acceptors (Lipinski definition) is 2. The fourth-order valence-corrected chi connectivity index (χ4v) is 2.77. The van der Waals surface area contributed by atoms with Gasteiger partial charge in [-0.3, -0.25) is 4.98 Å². The molecule has 0 bridgehead atoms. The number of hydrogen-bond donors (Lipinski definition) is 1. The van der Waals surface area contributed by atoms with Crippen LogP contribution in [0, 0.1) is 12.7 Å². The number of nitrogens with one attached hydrogen (secondary N) is 1. The average Bonchev–Trinajstić information content (AvgIpc) is 2.47. The van der Waals surface area contributed by atoms with Gasteiger partial charge in [0.1, 0.15) is 5.82 Å². The molecule has 4 heteroatoms. The van der Waals surface area contributed by atoms with Gasteiger partial charge in [-0.25, -0.2) is 4.39 Å². The Bertz CT molecular complexity index is 802. The second kappa shape index (κ2) is 5.82. The molecule has 0 saturated carbocycles. The van der Waals surface area contributed by atoms with Gasteiger partial charge < -0.3 is 5.32 Å². The highest BCUT2D eigenvalue weighted by atomic mass is 79.9. The van der Waals surface area contributed by atoms with Crippen molar-refractivity contribution in [3.63, 3.8) is 0 Å². The highest BCUT2D eigenvalue weighted by molar-refractivity contribution is 9.10. The smallest absolute Gasteiger partial charge is 0.128 e. The number of rotatable bonds is 3. The zero-order valence-electron chi connectivity index (χ0n) is 11.5. The molecule has 106 valence electrons. The molecule has 3 aromatic rings. The molecule has 0 saturated heterocycles. The third-order valence-corrected chi connectivity index (χ3v) is 3.99. The van der Waals surface area contributed by atoms with Crippen LogP contribution in [0.3, 0.4) is 0 Å². The topological polar surface area (TPSA) is 24.9 Å². The van der Waals surface area contributed by atoms with Crippen molar-refractivity contribution in [3.8, 4) is 0 Å². The maximum absolute atomic E-state index is 13.7. The van der Waals surface area contributed by atoms with Crippen molar-refractivity contribution in [2.45, 2.75) is 13.5 Å². The number of aromatic nitrogens is 1. The van der Waals surface area contributed by atoms with Gasteiger partial charge in [0.25, 0.3) is 0 Å². The summed E-state index contributed by atoms with van der Waals surface area (Å²) in [6.07, 6.45) is 0. The van der Waals surface area contributed by atoms with Crippen molar-refractivity contribution in [2.24, 2.45) is 0 Å². The lowest BCUT2D eigenvalue weighted by molar-refractivity contribution is 0.613. The van der Waals surface area contributed by atoms with Crippen LogP contribution in [0.1, 0.15) is 11.3 Å². The summed E-state index contributed by atoms with van der Waals surface area (Å²) in [4.78, 5) is 4.55. The molecule has 0 spiro atoms. The SMILES string of the molecule is Cc1cc(NCc2ccccc2F)c2cccc(Br)c2n1. The van der Waals surface area contributed by atoms with Crippen LogP contribution in [0.5, 0.6) is 0 Å². The summed E-state index contributed by atoms with van der Waals surface area (Å²) in [6.45, 7) is 2.39. The summed E-state index contributed by atoms with van der Waals surface area (Å²) in [6, 6.07) is 14.7. The van der Waals surface area contributed by atoms with Crippen molar-refractivity contribution in [1.29, 1.82) is 0 Å². The van der Waals surface area contributed by atoms with E-state index in [2.05, 4.69) is 26.2 Å². The average molecular weight is 345 g/mol. The van der Waals surface area contributed by atoms with Gasteiger partial charge in [-0.1, -0.05) is 30.3 Å². The molecule has 0 fully saturated rings. The molecule has 0 aliphatic heterocycles. The zero-order chi connectivity index (χ0) is 14.8. The van der Waals surface area contributed by atoms with Crippen LogP contribution in [-0.2, 0) is 6.54 Å². The highest BCUT2D eigenvalue weighted by Gasteiger charge is 2.07. The lowest BCUT2D eigenvalue weighted by Gasteiger charge is -2.12. The number of nitrogens with zero attached hydrogens (tertiary/aromatic N) is 1. The summed E-state index contributed by atoms with van der Waals surface area (Å²) in [5, 5.41) is 4.33. The molecule has 3 rings (SSSR count). The third-order valence-electron chi connectivity index (χ3n) is 3.35. The molecule has 21 heavy (non-hydrogen) atoms. The monoisotopic (exact) mass is 344 g/mol. The van der Waals surface area contributed by atoms with Crippen LogP contribution in [0.2, 0.25) is 0 Å². The molecule has 0 aliphatic rings. The van der Waals surface area contributed by atoms with Crippen molar-refractivity contribution in [2.75, 3.05) is 5.32 Å². The van der Waals surface area contributed by atoms with E-state index in [9.17, 15) is 4.39 Å². The third kappa shape index (κ3) is 2.90. The fourth-order valence-electron chi connectivity index (χ4n) is 2.32. The van der Waals surface area contributed by atoms with Crippen molar-refractivity contribution >= 4 is 32.5 Å². The molecule has 0 amide bonds. The first-order chi connectivity index (χ1) is 10.1. The number of halogens is 2. The van der Waals surface area contributed by atoms with Crippen LogP contribution in [0.4, 0.5) is 10.1 Å². The second-order valence-electron chi connectivity index (χ2n) is 4.89. The van der Waals surface area contributed by atoms with Crippen LogP contribution < -0.4 is 5.32 Å². The molecule has 0 radical (unpaired) electrons. The van der Waals surface area contributed by atoms with Crippen LogP contribution >= 0.6 is 15.9 Å². The van der Waals surface area contributed by atoms with Crippen LogP contribution in [-0.4, -0.2) is 4.98 Å². The zero-order valence-corrected chi connectivity index (χ0v) is 13.1. The van der Waals surface area contributed by atoms with E-state index in [1.165, 1.54) is 6.07 Å². The Morgan fingerprint density at radius 3 is 2.76 bits per heavy atom. The minimum Gasteiger partial charge on any atom is -0.380 e. The van der Waals surface area contributed by atoms with E-state index in [-0.39, 0.29) is 5.82 Å². The van der Waals surface area contributed by atoms with Crippen molar-refractivity contribution in [1.82, 2.24) is 4.98 Å². The van der Waals surface area contributed by atoms with E-state index in [1.54, 1.807) is 12.1 Å². The Morgan fingerprint density at radius 1 is 1.14 bits per heavy atom. The summed E-state index contributed by atoms with van der Waals surface area (Å²) in [7, 11) is 0. The number of anilines is 1. The first kappa shape index (κ1) is 14.0. The highest BCUT2D eigenvalue weighted by Crippen LogP contribution is 2.29. The number of benzene rings is 2. The molecule has 2 aromatic carbocycles. The van der Waals surface area contributed by atoms with Gasteiger partial charge in [0.15, 0.2) is 0 Å². The largest absolute Gasteiger partial charge is 0.380 e. The van der Waals surface area contributed by atoms with Crippen LogP contribution in [0.15, 0.2) is 53.0 Å². The van der Waals surface area contributed by atoms with E-state index in [1.807, 2.05) is 37.3 Å². The standard InChI is InChI=1S/C17H14BrFN2/c1-11-9-16(13-6-4-7-14(18)17(13)21-11)20-10-12-5-2-3-8-15(12)19/h2-9H,10H2,1H3,(H,20,21). The normalized spacial score (nSPS) is 10.8. The molecule has 0 unspecified atom stereocenters. The van der Waals surface area contributed by atoms with Crippen molar-refractivity contribution in [3.05, 3.63) is 70.1 Å². The number of pyridine rings is 1. The van der Waals surface area contributed by atoms with E-state index in [0.717, 1.165) is 26.8 Å². The van der Waals surface area contributed by atoms with Gasteiger partial charge in [0.2, 0.25) is 0 Å². The number of fused-ring (bicyclic) bond motifs is 1. The summed E-state index contributed by atoms with van der Waals surface area (Å²) in [5.41, 5.74) is 3.44. The summed E-state index contributed by atoms with van der Waals surface area (Å²) < 4.78 is 14.6. The lowest BCUT2D eigenvalue weighted by atomic mass is 10.1. The van der Waals surface area contributed by atoms with Gasteiger partial charge >= 0.3 is 0 Å². The Hall–Kier alpha value is -1.94. The van der Waals surface area contributed by atoms with Crippen molar-refractivity contribution < 1.29 is 4.39 Å².